The van der Waals surface area contributed by atoms with Gasteiger partial charge in [0, 0.05) is 17.7 Å². The predicted molar refractivity (Wildman–Crippen MR) is 85.8 cm³/mol. The van der Waals surface area contributed by atoms with Crippen molar-refractivity contribution >= 4 is 29.2 Å². The third-order valence-electron chi connectivity index (χ3n) is 3.07. The molecule has 1 amide bonds. The number of hydrogen-bond donors (Lipinski definition) is 1. The fourth-order valence-electron chi connectivity index (χ4n) is 1.95. The molecule has 0 spiro atoms. The quantitative estimate of drug-likeness (QED) is 0.572. The summed E-state index contributed by atoms with van der Waals surface area (Å²) in [5, 5.41) is 21.0. The second kappa shape index (κ2) is 6.47. The van der Waals surface area contributed by atoms with Crippen molar-refractivity contribution in [3.63, 3.8) is 0 Å². The highest BCUT2D eigenvalue weighted by atomic mass is 35.5. The van der Waals surface area contributed by atoms with Gasteiger partial charge in [0.05, 0.1) is 15.5 Å². The number of anilines is 1. The fourth-order valence-corrected chi connectivity index (χ4v) is 2.17. The van der Waals surface area contributed by atoms with E-state index in [2.05, 4.69) is 15.5 Å². The number of benzene rings is 2. The third-order valence-corrected chi connectivity index (χ3v) is 3.40. The van der Waals surface area contributed by atoms with Crippen molar-refractivity contribution in [2.75, 3.05) is 5.32 Å². The number of non-ortho nitro benzene ring substituents is 1. The molecule has 1 N–H and O–H groups in total. The molecule has 0 unspecified atom stereocenters. The molecular weight excluding hydrogens is 336 g/mol. The van der Waals surface area contributed by atoms with Crippen LogP contribution in [0.2, 0.25) is 5.02 Å². The van der Waals surface area contributed by atoms with Crippen LogP contribution in [0, 0.1) is 10.1 Å². The van der Waals surface area contributed by atoms with E-state index in [-0.39, 0.29) is 28.2 Å². The maximum Gasteiger partial charge on any atom is 0.322 e. The number of aromatic nitrogens is 2. The Balaban J connectivity index is 1.81. The lowest BCUT2D eigenvalue weighted by molar-refractivity contribution is -0.384. The van der Waals surface area contributed by atoms with E-state index in [1.165, 1.54) is 18.2 Å². The van der Waals surface area contributed by atoms with E-state index < -0.39 is 10.8 Å². The van der Waals surface area contributed by atoms with Crippen LogP contribution in [0.25, 0.3) is 11.5 Å². The lowest BCUT2D eigenvalue weighted by atomic mass is 10.2. The molecule has 0 saturated carbocycles. The van der Waals surface area contributed by atoms with Crippen molar-refractivity contribution in [3.8, 4) is 11.5 Å². The van der Waals surface area contributed by atoms with Crippen LogP contribution in [0.15, 0.2) is 52.9 Å². The maximum absolute atomic E-state index is 12.1. The Morgan fingerprint density at radius 1 is 1.17 bits per heavy atom. The van der Waals surface area contributed by atoms with E-state index in [0.717, 1.165) is 0 Å². The average Bonchev–Trinajstić information content (AvgIpc) is 3.04. The zero-order valence-corrected chi connectivity index (χ0v) is 12.7. The highest BCUT2D eigenvalue weighted by molar-refractivity contribution is 6.34. The molecule has 0 atom stereocenters. The number of nitro groups is 1. The summed E-state index contributed by atoms with van der Waals surface area (Å²) >= 11 is 5.94. The number of carbonyl (C=O) groups is 1. The first-order valence-corrected chi connectivity index (χ1v) is 7.06. The van der Waals surface area contributed by atoms with Gasteiger partial charge in [-0.05, 0) is 18.2 Å². The van der Waals surface area contributed by atoms with Gasteiger partial charge in [-0.25, -0.2) is 0 Å². The number of amides is 1. The average molecular weight is 345 g/mol. The molecule has 1 heterocycles. The van der Waals surface area contributed by atoms with E-state index in [9.17, 15) is 14.9 Å². The van der Waals surface area contributed by atoms with E-state index in [4.69, 9.17) is 16.0 Å². The van der Waals surface area contributed by atoms with Crippen LogP contribution in [0.1, 0.15) is 10.4 Å². The molecule has 3 aromatic rings. The second-order valence-electron chi connectivity index (χ2n) is 4.65. The molecule has 3 rings (SSSR count). The van der Waals surface area contributed by atoms with Crippen molar-refractivity contribution in [3.05, 3.63) is 69.2 Å². The number of nitro benzene ring substituents is 1. The van der Waals surface area contributed by atoms with Gasteiger partial charge >= 0.3 is 6.01 Å². The smallest absolute Gasteiger partial charge is 0.322 e. The Bertz CT molecular complexity index is 925. The molecule has 1 aromatic heterocycles. The van der Waals surface area contributed by atoms with Crippen LogP contribution >= 0.6 is 11.6 Å². The molecule has 0 aliphatic rings. The van der Waals surface area contributed by atoms with Crippen LogP contribution < -0.4 is 5.32 Å². The van der Waals surface area contributed by atoms with Crippen molar-refractivity contribution in [2.45, 2.75) is 0 Å². The van der Waals surface area contributed by atoms with Crippen molar-refractivity contribution in [1.82, 2.24) is 10.2 Å². The standard InChI is InChI=1S/C15H9ClN4O4/c16-12-7-2-1-6-11(12)13(21)17-15-19-18-14(24-15)9-4-3-5-10(8-9)20(22)23/h1-8H,(H,17,19,21). The third kappa shape index (κ3) is 3.23. The van der Waals surface area contributed by atoms with Crippen molar-refractivity contribution < 1.29 is 14.1 Å². The van der Waals surface area contributed by atoms with Gasteiger partial charge in [0.15, 0.2) is 0 Å². The Labute approximate surface area is 140 Å². The molecule has 120 valence electrons. The lowest BCUT2D eigenvalue weighted by Gasteiger charge is -2.02. The van der Waals surface area contributed by atoms with Gasteiger partial charge < -0.3 is 4.42 Å². The molecule has 0 fully saturated rings. The van der Waals surface area contributed by atoms with Gasteiger partial charge in [0.1, 0.15) is 0 Å². The summed E-state index contributed by atoms with van der Waals surface area (Å²) in [5.41, 5.74) is 0.525. The van der Waals surface area contributed by atoms with Gasteiger partial charge in [0.25, 0.3) is 11.6 Å². The molecular formula is C15H9ClN4O4. The Morgan fingerprint density at radius 3 is 2.71 bits per heavy atom. The first-order chi connectivity index (χ1) is 11.5. The molecule has 9 heteroatoms. The highest BCUT2D eigenvalue weighted by Crippen LogP contribution is 2.24. The zero-order valence-electron chi connectivity index (χ0n) is 12.0. The van der Waals surface area contributed by atoms with Crippen LogP contribution in [0.3, 0.4) is 0 Å². The fraction of sp³-hybridized carbons (Fsp3) is 0. The van der Waals surface area contributed by atoms with Crippen molar-refractivity contribution in [2.24, 2.45) is 0 Å². The zero-order chi connectivity index (χ0) is 17.1. The predicted octanol–water partition coefficient (Wildman–Crippen LogP) is 3.55. The summed E-state index contributed by atoms with van der Waals surface area (Å²) in [4.78, 5) is 22.4. The number of carbonyl (C=O) groups excluding carboxylic acids is 1. The molecule has 2 aromatic carbocycles. The molecule has 24 heavy (non-hydrogen) atoms. The van der Waals surface area contributed by atoms with Crippen molar-refractivity contribution in [1.29, 1.82) is 0 Å². The normalized spacial score (nSPS) is 10.4. The van der Waals surface area contributed by atoms with Crippen LogP contribution in [-0.2, 0) is 0 Å². The van der Waals surface area contributed by atoms with Gasteiger partial charge in [0.2, 0.25) is 5.89 Å². The van der Waals surface area contributed by atoms with Gasteiger partial charge in [-0.2, -0.15) is 0 Å². The first kappa shape index (κ1) is 15.6. The van der Waals surface area contributed by atoms with Crippen LogP contribution in [-0.4, -0.2) is 21.0 Å². The highest BCUT2D eigenvalue weighted by Gasteiger charge is 2.16. The summed E-state index contributed by atoms with van der Waals surface area (Å²) in [6.45, 7) is 0. The van der Waals surface area contributed by atoms with E-state index in [1.54, 1.807) is 30.3 Å². The summed E-state index contributed by atoms with van der Waals surface area (Å²) in [6.07, 6.45) is 0. The number of halogens is 1. The number of rotatable bonds is 4. The SMILES string of the molecule is O=C(Nc1nnc(-c2cccc([N+](=O)[O-])c2)o1)c1ccccc1Cl. The minimum atomic E-state index is -0.528. The van der Waals surface area contributed by atoms with Gasteiger partial charge in [-0.3, -0.25) is 20.2 Å². The second-order valence-corrected chi connectivity index (χ2v) is 5.06. The molecule has 0 bridgehead atoms. The van der Waals surface area contributed by atoms with Crippen LogP contribution in [0.4, 0.5) is 11.7 Å². The molecule has 0 aliphatic heterocycles. The van der Waals surface area contributed by atoms with E-state index in [1.807, 2.05) is 0 Å². The number of nitrogens with one attached hydrogen (secondary N) is 1. The first-order valence-electron chi connectivity index (χ1n) is 6.69. The van der Waals surface area contributed by atoms with Gasteiger partial charge in [-0.15, -0.1) is 5.10 Å². The van der Waals surface area contributed by atoms with E-state index in [0.29, 0.717) is 5.56 Å². The van der Waals surface area contributed by atoms with Crippen LogP contribution in [0.5, 0.6) is 0 Å². The topological polar surface area (TPSA) is 111 Å². The summed E-state index contributed by atoms with van der Waals surface area (Å²) < 4.78 is 5.32. The number of nitrogens with zero attached hydrogens (tertiary/aromatic N) is 3. The molecule has 0 saturated heterocycles. The summed E-state index contributed by atoms with van der Waals surface area (Å²) in [6, 6.07) is 12.1. The Hall–Kier alpha value is -3.26. The summed E-state index contributed by atoms with van der Waals surface area (Å²) in [7, 11) is 0. The monoisotopic (exact) mass is 344 g/mol. The molecule has 0 aliphatic carbocycles. The Kier molecular flexibility index (Phi) is 4.21. The summed E-state index contributed by atoms with van der Waals surface area (Å²) in [5.74, 6) is -0.456. The molecule has 8 nitrogen and oxygen atoms in total. The molecule has 0 radical (unpaired) electrons. The minimum absolute atomic E-state index is 0.0492. The maximum atomic E-state index is 12.1. The largest absolute Gasteiger partial charge is 0.403 e. The van der Waals surface area contributed by atoms with E-state index >= 15 is 0 Å². The minimum Gasteiger partial charge on any atom is -0.403 e. The van der Waals surface area contributed by atoms with Gasteiger partial charge in [-0.1, -0.05) is 34.9 Å². The lowest BCUT2D eigenvalue weighted by Crippen LogP contribution is -2.12. The number of hydrogen-bond acceptors (Lipinski definition) is 6. The Morgan fingerprint density at radius 2 is 1.96 bits per heavy atom.